The molecular formula is C18H26ClNO4. The minimum atomic E-state index is -0.607. The summed E-state index contributed by atoms with van der Waals surface area (Å²) in [6, 6.07) is 3.96. The summed E-state index contributed by atoms with van der Waals surface area (Å²) in [6.07, 6.45) is 5.44. The molecule has 0 fully saturated rings. The number of hydrogen-bond donors (Lipinski definition) is 0. The second kappa shape index (κ2) is 10.3. The van der Waals surface area contributed by atoms with Gasteiger partial charge >= 0.3 is 5.97 Å². The van der Waals surface area contributed by atoms with E-state index in [4.69, 9.17) is 16.3 Å². The first-order valence-corrected chi connectivity index (χ1v) is 8.91. The van der Waals surface area contributed by atoms with Gasteiger partial charge in [0.25, 0.3) is 5.69 Å². The third kappa shape index (κ3) is 6.11. The van der Waals surface area contributed by atoms with Gasteiger partial charge in [0.15, 0.2) is 0 Å². The lowest BCUT2D eigenvalue weighted by molar-refractivity contribution is -0.384. The number of halogens is 1. The standard InChI is InChI=1S/C18H26ClNO4/c1-4-7-13(5-2)10-14(6-3)12-24-18(21)15-8-9-16(19)17(11-15)20(22)23/h8-9,11,13-14H,4-7,10,12H2,1-3H3. The fourth-order valence-electron chi connectivity index (χ4n) is 2.78. The highest BCUT2D eigenvalue weighted by Crippen LogP contribution is 2.26. The van der Waals surface area contributed by atoms with Crippen LogP contribution in [0.5, 0.6) is 0 Å². The number of carbonyl (C=O) groups excluding carboxylic acids is 1. The second-order valence-electron chi connectivity index (χ2n) is 6.09. The van der Waals surface area contributed by atoms with Gasteiger partial charge in [0.05, 0.1) is 17.1 Å². The molecule has 134 valence electrons. The molecule has 5 nitrogen and oxygen atoms in total. The van der Waals surface area contributed by atoms with Crippen LogP contribution >= 0.6 is 11.6 Å². The van der Waals surface area contributed by atoms with Crippen molar-refractivity contribution in [3.05, 3.63) is 38.9 Å². The Balaban J connectivity index is 2.66. The van der Waals surface area contributed by atoms with Crippen molar-refractivity contribution in [3.63, 3.8) is 0 Å². The Bertz CT molecular complexity index is 562. The predicted molar refractivity (Wildman–Crippen MR) is 95.5 cm³/mol. The van der Waals surface area contributed by atoms with Crippen molar-refractivity contribution in [1.29, 1.82) is 0 Å². The first-order valence-electron chi connectivity index (χ1n) is 8.53. The zero-order valence-electron chi connectivity index (χ0n) is 14.6. The van der Waals surface area contributed by atoms with Gasteiger partial charge in [-0.3, -0.25) is 10.1 Å². The molecule has 0 aromatic heterocycles. The van der Waals surface area contributed by atoms with Gasteiger partial charge in [0, 0.05) is 6.07 Å². The number of carbonyl (C=O) groups is 1. The molecule has 2 unspecified atom stereocenters. The number of ether oxygens (including phenoxy) is 1. The molecule has 0 saturated heterocycles. The van der Waals surface area contributed by atoms with E-state index < -0.39 is 10.9 Å². The third-order valence-electron chi connectivity index (χ3n) is 4.35. The summed E-state index contributed by atoms with van der Waals surface area (Å²) in [7, 11) is 0. The maximum absolute atomic E-state index is 12.1. The summed E-state index contributed by atoms with van der Waals surface area (Å²) in [5.41, 5.74) is -0.131. The first kappa shape index (κ1) is 20.4. The Kier molecular flexibility index (Phi) is 8.76. The number of benzene rings is 1. The van der Waals surface area contributed by atoms with Crippen LogP contribution in [0.1, 0.15) is 63.2 Å². The number of nitro benzene ring substituents is 1. The lowest BCUT2D eigenvalue weighted by Crippen LogP contribution is -2.17. The van der Waals surface area contributed by atoms with Crippen molar-refractivity contribution >= 4 is 23.3 Å². The Labute approximate surface area is 148 Å². The number of nitrogens with zero attached hydrogens (tertiary/aromatic N) is 1. The van der Waals surface area contributed by atoms with Gasteiger partial charge in [-0.25, -0.2) is 4.79 Å². The van der Waals surface area contributed by atoms with Crippen LogP contribution in [0.4, 0.5) is 5.69 Å². The minimum absolute atomic E-state index is 0.00772. The first-order chi connectivity index (χ1) is 11.4. The molecule has 0 spiro atoms. The number of rotatable bonds is 10. The number of nitro groups is 1. The zero-order chi connectivity index (χ0) is 18.1. The molecule has 24 heavy (non-hydrogen) atoms. The molecule has 0 saturated carbocycles. The van der Waals surface area contributed by atoms with Crippen molar-refractivity contribution in [2.24, 2.45) is 11.8 Å². The quantitative estimate of drug-likeness (QED) is 0.309. The Morgan fingerprint density at radius 1 is 1.25 bits per heavy atom. The van der Waals surface area contributed by atoms with Gasteiger partial charge in [-0.15, -0.1) is 0 Å². The normalized spacial score (nSPS) is 13.3. The van der Waals surface area contributed by atoms with E-state index in [0.717, 1.165) is 31.7 Å². The van der Waals surface area contributed by atoms with Crippen LogP contribution in [-0.2, 0) is 4.74 Å². The number of esters is 1. The summed E-state index contributed by atoms with van der Waals surface area (Å²) in [5, 5.41) is 10.9. The minimum Gasteiger partial charge on any atom is -0.462 e. The summed E-state index contributed by atoms with van der Waals surface area (Å²) < 4.78 is 5.37. The second-order valence-corrected chi connectivity index (χ2v) is 6.50. The highest BCUT2D eigenvalue weighted by atomic mass is 35.5. The summed E-state index contributed by atoms with van der Waals surface area (Å²) in [6.45, 7) is 6.79. The molecule has 6 heteroatoms. The molecule has 0 aliphatic rings. The third-order valence-corrected chi connectivity index (χ3v) is 4.67. The van der Waals surface area contributed by atoms with Gasteiger partial charge in [-0.1, -0.05) is 58.1 Å². The Morgan fingerprint density at radius 3 is 2.46 bits per heavy atom. The monoisotopic (exact) mass is 355 g/mol. The molecule has 1 aromatic carbocycles. The molecule has 1 aromatic rings. The van der Waals surface area contributed by atoms with Crippen LogP contribution < -0.4 is 0 Å². The average Bonchev–Trinajstić information content (AvgIpc) is 2.57. The van der Waals surface area contributed by atoms with E-state index in [1.807, 2.05) is 0 Å². The van der Waals surface area contributed by atoms with E-state index in [-0.39, 0.29) is 16.3 Å². The molecule has 0 radical (unpaired) electrons. The fraction of sp³-hybridized carbons (Fsp3) is 0.611. The van der Waals surface area contributed by atoms with E-state index in [9.17, 15) is 14.9 Å². The summed E-state index contributed by atoms with van der Waals surface area (Å²) in [4.78, 5) is 22.4. The van der Waals surface area contributed by atoms with E-state index in [2.05, 4.69) is 20.8 Å². The molecule has 2 atom stereocenters. The van der Waals surface area contributed by atoms with Crippen LogP contribution in [-0.4, -0.2) is 17.5 Å². The van der Waals surface area contributed by atoms with E-state index >= 15 is 0 Å². The van der Waals surface area contributed by atoms with Crippen LogP contribution in [0.3, 0.4) is 0 Å². The molecule has 0 heterocycles. The van der Waals surface area contributed by atoms with Gasteiger partial charge < -0.3 is 4.74 Å². The topological polar surface area (TPSA) is 69.4 Å². The van der Waals surface area contributed by atoms with Gasteiger partial charge in [0.1, 0.15) is 5.02 Å². The van der Waals surface area contributed by atoms with Crippen LogP contribution in [0, 0.1) is 22.0 Å². The van der Waals surface area contributed by atoms with E-state index in [0.29, 0.717) is 18.4 Å². The van der Waals surface area contributed by atoms with Gasteiger partial charge in [-0.2, -0.15) is 0 Å². The lowest BCUT2D eigenvalue weighted by atomic mass is 9.88. The van der Waals surface area contributed by atoms with Crippen molar-refractivity contribution < 1.29 is 14.5 Å². The Morgan fingerprint density at radius 2 is 1.92 bits per heavy atom. The Hall–Kier alpha value is -1.62. The lowest BCUT2D eigenvalue weighted by Gasteiger charge is -2.21. The summed E-state index contributed by atoms with van der Waals surface area (Å²) in [5.74, 6) is 0.416. The SMILES string of the molecule is CCCC(CC)CC(CC)COC(=O)c1ccc(Cl)c([N+](=O)[O-])c1. The van der Waals surface area contributed by atoms with E-state index in [1.54, 1.807) is 0 Å². The molecule has 0 bridgehead atoms. The molecule has 0 N–H and O–H groups in total. The molecule has 0 aliphatic heterocycles. The predicted octanol–water partition coefficient (Wildman–Crippen LogP) is 5.65. The van der Waals surface area contributed by atoms with Crippen LogP contribution in [0.25, 0.3) is 0 Å². The summed E-state index contributed by atoms with van der Waals surface area (Å²) >= 11 is 5.76. The van der Waals surface area contributed by atoms with Crippen molar-refractivity contribution in [3.8, 4) is 0 Å². The smallest absolute Gasteiger partial charge is 0.338 e. The number of hydrogen-bond acceptors (Lipinski definition) is 4. The maximum Gasteiger partial charge on any atom is 0.338 e. The van der Waals surface area contributed by atoms with Crippen molar-refractivity contribution in [2.75, 3.05) is 6.61 Å². The van der Waals surface area contributed by atoms with Crippen LogP contribution in [0.2, 0.25) is 5.02 Å². The zero-order valence-corrected chi connectivity index (χ0v) is 15.3. The average molecular weight is 356 g/mol. The van der Waals surface area contributed by atoms with Gasteiger partial charge in [0.2, 0.25) is 0 Å². The largest absolute Gasteiger partial charge is 0.462 e. The highest BCUT2D eigenvalue weighted by molar-refractivity contribution is 6.32. The molecule has 0 amide bonds. The molecule has 1 rings (SSSR count). The maximum atomic E-state index is 12.1. The van der Waals surface area contributed by atoms with Gasteiger partial charge in [-0.05, 0) is 30.4 Å². The van der Waals surface area contributed by atoms with Crippen LogP contribution in [0.15, 0.2) is 18.2 Å². The highest BCUT2D eigenvalue weighted by Gasteiger charge is 2.19. The van der Waals surface area contributed by atoms with Crippen molar-refractivity contribution in [1.82, 2.24) is 0 Å². The van der Waals surface area contributed by atoms with E-state index in [1.165, 1.54) is 18.6 Å². The fourth-order valence-corrected chi connectivity index (χ4v) is 2.96. The van der Waals surface area contributed by atoms with Crippen molar-refractivity contribution in [2.45, 2.75) is 52.9 Å². The molecular weight excluding hydrogens is 330 g/mol. The molecule has 0 aliphatic carbocycles.